The van der Waals surface area contributed by atoms with Gasteiger partial charge in [-0.2, -0.15) is 0 Å². The summed E-state index contributed by atoms with van der Waals surface area (Å²) < 4.78 is 6.95. The largest absolute Gasteiger partial charge is 0.310 e. The minimum absolute atomic E-state index is 0.563. The Morgan fingerprint density at radius 1 is 0.345 bits per heavy atom. The topological polar surface area (TPSA) is 23.5 Å². The highest BCUT2D eigenvalue weighted by atomic mass is 15.1. The van der Waals surface area contributed by atoms with Gasteiger partial charge in [0.25, 0.3) is 0 Å². The summed E-state index contributed by atoms with van der Waals surface area (Å²) in [6.45, 7) is 16.3. The van der Waals surface area contributed by atoms with E-state index >= 15 is 0 Å². The van der Waals surface area contributed by atoms with Crippen LogP contribution in [0.15, 0.2) is 176 Å². The van der Waals surface area contributed by atoms with Crippen molar-refractivity contribution in [3.63, 3.8) is 0 Å². The second-order valence-corrected chi connectivity index (χ2v) is 13.9. The molecule has 3 aromatic heterocycles. The lowest BCUT2D eigenvalue weighted by Crippen LogP contribution is -2.01. The summed E-state index contributed by atoms with van der Waals surface area (Å²) in [4.78, 5) is 7.94. The van der Waals surface area contributed by atoms with Crippen molar-refractivity contribution >= 4 is 76.8 Å². The number of hydrogen-bond donors (Lipinski definition) is 0. The summed E-state index contributed by atoms with van der Waals surface area (Å²) in [6.07, 6.45) is 0. The average molecular weight is 700 g/mol. The summed E-state index contributed by atoms with van der Waals surface area (Å²) in [5, 5.41) is 6.94. The zero-order valence-electron chi connectivity index (χ0n) is 29.5. The highest BCUT2D eigenvalue weighted by molar-refractivity contribution is 6.15. The molecule has 0 bridgehead atoms. The van der Waals surface area contributed by atoms with E-state index in [1.165, 1.54) is 10.8 Å². The van der Waals surface area contributed by atoms with Gasteiger partial charge in [0, 0.05) is 43.5 Å². The summed E-state index contributed by atoms with van der Waals surface area (Å²) in [5.74, 6) is 0. The third kappa shape index (κ3) is 4.39. The van der Waals surface area contributed by atoms with E-state index in [0.29, 0.717) is 11.4 Å². The standard InChI is InChI=1S/C50H29N5/c1-51-32-26-28-40-38-17-6-12-24-47(38)55(49(40)30-32)44-21-9-3-14-35(44)34-29-27-33(31-42(34)52-2)53-43-20-8-7-18-39(43)41-19-13-25-48(50(41)53)54-45-22-10-4-15-36(45)37-16-5-11-23-46(37)54/h3-31H. The smallest absolute Gasteiger partial charge is 0.197 e. The Balaban J connectivity index is 1.17. The quantitative estimate of drug-likeness (QED) is 0.163. The van der Waals surface area contributed by atoms with Crippen LogP contribution in [-0.4, -0.2) is 13.7 Å². The number of benzene rings is 8. The fourth-order valence-electron chi connectivity index (χ4n) is 8.79. The maximum atomic E-state index is 8.55. The normalized spacial score (nSPS) is 11.6. The van der Waals surface area contributed by atoms with Crippen LogP contribution in [0, 0.1) is 13.1 Å². The van der Waals surface area contributed by atoms with Crippen molar-refractivity contribution in [1.29, 1.82) is 0 Å². The lowest BCUT2D eigenvalue weighted by molar-refractivity contribution is 1.13. The van der Waals surface area contributed by atoms with Crippen LogP contribution in [0.4, 0.5) is 11.4 Å². The van der Waals surface area contributed by atoms with Gasteiger partial charge in [-0.25, -0.2) is 9.69 Å². The molecule has 0 aliphatic rings. The van der Waals surface area contributed by atoms with Crippen LogP contribution in [0.2, 0.25) is 0 Å². The first-order chi connectivity index (χ1) is 27.2. The monoisotopic (exact) mass is 699 g/mol. The van der Waals surface area contributed by atoms with E-state index in [0.717, 1.165) is 82.8 Å². The molecule has 0 amide bonds. The average Bonchev–Trinajstić information content (AvgIpc) is 3.89. The second kappa shape index (κ2) is 11.8. The van der Waals surface area contributed by atoms with E-state index in [9.17, 15) is 0 Å². The Kier molecular flexibility index (Phi) is 6.61. The van der Waals surface area contributed by atoms with E-state index < -0.39 is 0 Å². The van der Waals surface area contributed by atoms with Crippen LogP contribution in [0.1, 0.15) is 0 Å². The van der Waals surface area contributed by atoms with E-state index in [1.54, 1.807) is 0 Å². The van der Waals surface area contributed by atoms with Gasteiger partial charge in [0.05, 0.1) is 52.1 Å². The molecular weight excluding hydrogens is 671 g/mol. The number of hydrogen-bond acceptors (Lipinski definition) is 0. The van der Waals surface area contributed by atoms with Crippen molar-refractivity contribution in [2.24, 2.45) is 0 Å². The molecule has 0 aliphatic carbocycles. The summed E-state index contributed by atoms with van der Waals surface area (Å²) in [6, 6.07) is 61.2. The molecule has 55 heavy (non-hydrogen) atoms. The molecule has 11 aromatic rings. The van der Waals surface area contributed by atoms with Crippen LogP contribution in [-0.2, 0) is 0 Å². The number of aromatic nitrogens is 3. The van der Waals surface area contributed by atoms with Crippen molar-refractivity contribution in [2.75, 3.05) is 0 Å². The Bertz CT molecular complexity index is 3420. The summed E-state index contributed by atoms with van der Waals surface area (Å²) >= 11 is 0. The van der Waals surface area contributed by atoms with Gasteiger partial charge in [-0.3, -0.25) is 0 Å². The number of fused-ring (bicyclic) bond motifs is 9. The van der Waals surface area contributed by atoms with Gasteiger partial charge >= 0.3 is 0 Å². The van der Waals surface area contributed by atoms with Crippen molar-refractivity contribution in [3.8, 4) is 28.2 Å². The molecule has 0 saturated heterocycles. The Labute approximate surface area is 316 Å². The van der Waals surface area contributed by atoms with E-state index in [-0.39, 0.29) is 0 Å². The molecule has 5 heteroatoms. The van der Waals surface area contributed by atoms with Gasteiger partial charge in [-0.1, -0.05) is 121 Å². The van der Waals surface area contributed by atoms with Crippen LogP contribution >= 0.6 is 0 Å². The zero-order valence-corrected chi connectivity index (χ0v) is 29.5. The molecule has 0 saturated carbocycles. The lowest BCUT2D eigenvalue weighted by atomic mass is 10.0. The first-order valence-electron chi connectivity index (χ1n) is 18.3. The van der Waals surface area contributed by atoms with Crippen LogP contribution < -0.4 is 0 Å². The molecule has 0 atom stereocenters. The van der Waals surface area contributed by atoms with Gasteiger partial charge in [0.2, 0.25) is 0 Å². The van der Waals surface area contributed by atoms with Gasteiger partial charge in [-0.15, -0.1) is 0 Å². The maximum absolute atomic E-state index is 8.55. The molecule has 3 heterocycles. The summed E-state index contributed by atoms with van der Waals surface area (Å²) in [7, 11) is 0. The molecule has 0 spiro atoms. The molecule has 5 nitrogen and oxygen atoms in total. The van der Waals surface area contributed by atoms with Crippen molar-refractivity contribution in [3.05, 3.63) is 199 Å². The molecule has 254 valence electrons. The number of nitrogens with zero attached hydrogens (tertiary/aromatic N) is 5. The van der Waals surface area contributed by atoms with Gasteiger partial charge < -0.3 is 13.7 Å². The highest BCUT2D eigenvalue weighted by Crippen LogP contribution is 2.43. The van der Waals surface area contributed by atoms with Crippen molar-refractivity contribution < 1.29 is 0 Å². The lowest BCUT2D eigenvalue weighted by Gasteiger charge is -2.17. The van der Waals surface area contributed by atoms with E-state index in [2.05, 4.69) is 163 Å². The molecule has 0 aliphatic heterocycles. The minimum atomic E-state index is 0.563. The van der Waals surface area contributed by atoms with Gasteiger partial charge in [-0.05, 0) is 65.7 Å². The molecule has 11 rings (SSSR count). The number of para-hydroxylation sites is 6. The van der Waals surface area contributed by atoms with Crippen LogP contribution in [0.5, 0.6) is 0 Å². The Hall–Kier alpha value is -7.86. The molecule has 0 radical (unpaired) electrons. The third-order valence-electron chi connectivity index (χ3n) is 11.1. The molecule has 0 fully saturated rings. The fourth-order valence-corrected chi connectivity index (χ4v) is 8.79. The first-order valence-corrected chi connectivity index (χ1v) is 18.3. The molecule has 0 N–H and O–H groups in total. The third-order valence-corrected chi connectivity index (χ3v) is 11.1. The van der Waals surface area contributed by atoms with Crippen molar-refractivity contribution in [2.45, 2.75) is 0 Å². The maximum Gasteiger partial charge on any atom is 0.197 e. The van der Waals surface area contributed by atoms with Crippen LogP contribution in [0.3, 0.4) is 0 Å². The van der Waals surface area contributed by atoms with Gasteiger partial charge in [0.1, 0.15) is 0 Å². The molecule has 8 aromatic carbocycles. The SMILES string of the molecule is [C-]#[N+]c1ccc2c3ccccc3n(-c3ccccc3-c3ccc(-n4c5ccccc5c5cccc(-n6c7ccccc7c7ccccc76)c54)cc3[N+]#[C-])c2c1. The Morgan fingerprint density at radius 3 is 1.49 bits per heavy atom. The zero-order chi connectivity index (χ0) is 36.6. The predicted molar refractivity (Wildman–Crippen MR) is 227 cm³/mol. The van der Waals surface area contributed by atoms with Crippen LogP contribution in [0.25, 0.3) is 103 Å². The molecule has 0 unspecified atom stereocenters. The highest BCUT2D eigenvalue weighted by Gasteiger charge is 2.22. The van der Waals surface area contributed by atoms with E-state index in [1.807, 2.05) is 36.4 Å². The van der Waals surface area contributed by atoms with Gasteiger partial charge in [0.15, 0.2) is 11.4 Å². The first kappa shape index (κ1) is 30.7. The van der Waals surface area contributed by atoms with Crippen molar-refractivity contribution in [1.82, 2.24) is 13.7 Å². The second-order valence-electron chi connectivity index (χ2n) is 13.9. The fraction of sp³-hybridized carbons (Fsp3) is 0. The summed E-state index contributed by atoms with van der Waals surface area (Å²) in [5.41, 5.74) is 12.4. The van der Waals surface area contributed by atoms with E-state index in [4.69, 9.17) is 13.1 Å². The Morgan fingerprint density at radius 2 is 0.855 bits per heavy atom. The minimum Gasteiger partial charge on any atom is -0.310 e. The number of rotatable bonds is 4. The predicted octanol–water partition coefficient (Wildman–Crippen LogP) is 13.7. The molecular formula is C50H29N5.